The van der Waals surface area contributed by atoms with Crippen molar-refractivity contribution in [3.63, 3.8) is 0 Å². The van der Waals surface area contributed by atoms with Crippen LogP contribution in [0.1, 0.15) is 41.4 Å². The number of rotatable bonds is 9. The summed E-state index contributed by atoms with van der Waals surface area (Å²) in [6.45, 7) is 2.75. The summed E-state index contributed by atoms with van der Waals surface area (Å²) in [5.74, 6) is 0.905. The fourth-order valence-corrected chi connectivity index (χ4v) is 2.63. The van der Waals surface area contributed by atoms with Crippen molar-refractivity contribution in [2.45, 2.75) is 32.7 Å². The molecule has 2 aromatic carbocycles. The highest BCUT2D eigenvalue weighted by molar-refractivity contribution is 5.94. The van der Waals surface area contributed by atoms with Crippen LogP contribution in [0.2, 0.25) is 0 Å². The van der Waals surface area contributed by atoms with E-state index in [2.05, 4.69) is 10.1 Å². The lowest BCUT2D eigenvalue weighted by atomic mass is 10.1. The molecule has 0 aliphatic rings. The van der Waals surface area contributed by atoms with Crippen LogP contribution in [0.3, 0.4) is 0 Å². The van der Waals surface area contributed by atoms with Gasteiger partial charge in [-0.15, -0.1) is 0 Å². The fourth-order valence-electron chi connectivity index (χ4n) is 2.63. The lowest BCUT2D eigenvalue weighted by Gasteiger charge is -2.17. The zero-order valence-corrected chi connectivity index (χ0v) is 16.5. The van der Waals surface area contributed by atoms with Crippen molar-refractivity contribution in [3.8, 4) is 11.5 Å². The first-order valence-electron chi connectivity index (χ1n) is 9.08. The van der Waals surface area contributed by atoms with E-state index in [4.69, 9.17) is 9.47 Å². The Morgan fingerprint density at radius 1 is 1.10 bits per heavy atom. The Bertz CT molecular complexity index is 807. The molecule has 0 aliphatic heterocycles. The first-order chi connectivity index (χ1) is 13.7. The van der Waals surface area contributed by atoms with E-state index in [1.807, 2.05) is 19.9 Å². The molecule has 5 nitrogen and oxygen atoms in total. The van der Waals surface area contributed by atoms with Gasteiger partial charge in [0.15, 0.2) is 11.5 Å². The molecule has 0 spiro atoms. The van der Waals surface area contributed by atoms with Crippen LogP contribution in [-0.4, -0.2) is 32.4 Å². The minimum absolute atomic E-state index is 0.177. The largest absolute Gasteiger partial charge is 0.493 e. The van der Waals surface area contributed by atoms with Crippen molar-refractivity contribution in [1.29, 1.82) is 0 Å². The van der Waals surface area contributed by atoms with Crippen LogP contribution in [0.25, 0.3) is 0 Å². The standard InChI is InChI=1S/C21H24F3NO4/c1-4-29-18-10-9-17(11-19(18)27-3)14(2)25-20(26)16-7-5-15(6-8-16)12-28-13-21(22,23)24/h5-11,14H,4,12-13H2,1-3H3,(H,25,26). The number of carbonyl (C=O) groups excluding carboxylic acids is 1. The smallest absolute Gasteiger partial charge is 0.411 e. The van der Waals surface area contributed by atoms with E-state index in [0.29, 0.717) is 29.2 Å². The normalized spacial score (nSPS) is 12.3. The second-order valence-corrected chi connectivity index (χ2v) is 6.34. The lowest BCUT2D eigenvalue weighted by molar-refractivity contribution is -0.176. The van der Waals surface area contributed by atoms with Gasteiger partial charge in [0.25, 0.3) is 5.91 Å². The number of carbonyl (C=O) groups is 1. The average molecular weight is 411 g/mol. The molecule has 2 aromatic rings. The van der Waals surface area contributed by atoms with Crippen molar-refractivity contribution in [2.24, 2.45) is 0 Å². The van der Waals surface area contributed by atoms with Crippen LogP contribution in [0.4, 0.5) is 13.2 Å². The Labute approximate surface area is 167 Å². The second kappa shape index (κ2) is 10.2. The molecule has 0 aliphatic carbocycles. The summed E-state index contributed by atoms with van der Waals surface area (Å²) in [4.78, 5) is 12.5. The Hall–Kier alpha value is -2.74. The van der Waals surface area contributed by atoms with E-state index < -0.39 is 12.8 Å². The lowest BCUT2D eigenvalue weighted by Crippen LogP contribution is -2.26. The molecule has 158 valence electrons. The summed E-state index contributed by atoms with van der Waals surface area (Å²) >= 11 is 0. The molecular formula is C21H24F3NO4. The maximum absolute atomic E-state index is 12.5. The minimum atomic E-state index is -4.36. The van der Waals surface area contributed by atoms with Crippen LogP contribution in [0.5, 0.6) is 11.5 Å². The number of hydrogen-bond donors (Lipinski definition) is 1. The monoisotopic (exact) mass is 411 g/mol. The highest BCUT2D eigenvalue weighted by Crippen LogP contribution is 2.30. The summed E-state index contributed by atoms with van der Waals surface area (Å²) in [7, 11) is 1.55. The number of nitrogens with one attached hydrogen (secondary N) is 1. The highest BCUT2D eigenvalue weighted by Gasteiger charge is 2.27. The summed E-state index contributed by atoms with van der Waals surface area (Å²) in [5.41, 5.74) is 1.79. The van der Waals surface area contributed by atoms with E-state index in [1.165, 1.54) is 0 Å². The molecule has 0 aromatic heterocycles. The van der Waals surface area contributed by atoms with Gasteiger partial charge in [-0.2, -0.15) is 13.2 Å². The first-order valence-corrected chi connectivity index (χ1v) is 9.08. The number of benzene rings is 2. The SMILES string of the molecule is CCOc1ccc(C(C)NC(=O)c2ccc(COCC(F)(F)F)cc2)cc1OC. The topological polar surface area (TPSA) is 56.8 Å². The van der Waals surface area contributed by atoms with Crippen molar-refractivity contribution in [3.05, 3.63) is 59.2 Å². The van der Waals surface area contributed by atoms with Crippen molar-refractivity contribution >= 4 is 5.91 Å². The van der Waals surface area contributed by atoms with Crippen LogP contribution in [0.15, 0.2) is 42.5 Å². The van der Waals surface area contributed by atoms with Crippen LogP contribution >= 0.6 is 0 Å². The Balaban J connectivity index is 1.97. The zero-order valence-electron chi connectivity index (χ0n) is 16.5. The average Bonchev–Trinajstić information content (AvgIpc) is 2.68. The highest BCUT2D eigenvalue weighted by atomic mass is 19.4. The number of methoxy groups -OCH3 is 1. The van der Waals surface area contributed by atoms with Crippen molar-refractivity contribution in [2.75, 3.05) is 20.3 Å². The quantitative estimate of drug-likeness (QED) is 0.652. The van der Waals surface area contributed by atoms with Gasteiger partial charge in [-0.3, -0.25) is 4.79 Å². The van der Waals surface area contributed by atoms with Crippen molar-refractivity contribution < 1.29 is 32.2 Å². The van der Waals surface area contributed by atoms with Gasteiger partial charge in [0.2, 0.25) is 0 Å². The van der Waals surface area contributed by atoms with Gasteiger partial charge in [0, 0.05) is 5.56 Å². The third kappa shape index (κ3) is 6.98. The van der Waals surface area contributed by atoms with Gasteiger partial charge >= 0.3 is 6.18 Å². The van der Waals surface area contributed by atoms with E-state index in [9.17, 15) is 18.0 Å². The predicted molar refractivity (Wildman–Crippen MR) is 102 cm³/mol. The second-order valence-electron chi connectivity index (χ2n) is 6.34. The number of halogens is 3. The first kappa shape index (κ1) is 22.5. The molecule has 0 saturated heterocycles. The van der Waals surface area contributed by atoms with Gasteiger partial charge in [0.05, 0.1) is 26.4 Å². The molecule has 0 saturated carbocycles. The van der Waals surface area contributed by atoms with Gasteiger partial charge in [-0.25, -0.2) is 0 Å². The van der Waals surface area contributed by atoms with Crippen LogP contribution in [0, 0.1) is 0 Å². The van der Waals surface area contributed by atoms with E-state index >= 15 is 0 Å². The molecule has 1 amide bonds. The summed E-state index contributed by atoms with van der Waals surface area (Å²) in [6, 6.07) is 11.4. The Morgan fingerprint density at radius 2 is 1.79 bits per heavy atom. The number of alkyl halides is 3. The maximum atomic E-state index is 12.5. The van der Waals surface area contributed by atoms with Crippen LogP contribution in [-0.2, 0) is 11.3 Å². The fraction of sp³-hybridized carbons (Fsp3) is 0.381. The number of amides is 1. The van der Waals surface area contributed by atoms with Gasteiger partial charge in [0.1, 0.15) is 6.61 Å². The third-order valence-corrected chi connectivity index (χ3v) is 4.09. The minimum Gasteiger partial charge on any atom is -0.493 e. The molecule has 0 radical (unpaired) electrons. The molecule has 29 heavy (non-hydrogen) atoms. The Morgan fingerprint density at radius 3 is 2.38 bits per heavy atom. The molecule has 8 heteroatoms. The van der Waals surface area contributed by atoms with Gasteiger partial charge in [-0.05, 0) is 49.2 Å². The summed E-state index contributed by atoms with van der Waals surface area (Å²) < 4.78 is 51.7. The Kier molecular flexibility index (Phi) is 7.90. The van der Waals surface area contributed by atoms with Gasteiger partial charge < -0.3 is 19.5 Å². The van der Waals surface area contributed by atoms with E-state index in [0.717, 1.165) is 5.56 Å². The molecule has 0 fully saturated rings. The van der Waals surface area contributed by atoms with E-state index in [-0.39, 0.29) is 18.6 Å². The van der Waals surface area contributed by atoms with Crippen molar-refractivity contribution in [1.82, 2.24) is 5.32 Å². The maximum Gasteiger partial charge on any atom is 0.411 e. The number of hydrogen-bond acceptors (Lipinski definition) is 4. The predicted octanol–water partition coefficient (Wildman–Crippen LogP) is 4.66. The molecule has 1 N–H and O–H groups in total. The van der Waals surface area contributed by atoms with Crippen LogP contribution < -0.4 is 14.8 Å². The molecule has 2 rings (SSSR count). The molecule has 0 heterocycles. The third-order valence-electron chi connectivity index (χ3n) is 4.09. The summed E-state index contributed by atoms with van der Waals surface area (Å²) in [6.07, 6.45) is -4.36. The molecule has 1 atom stereocenters. The number of ether oxygens (including phenoxy) is 3. The zero-order chi connectivity index (χ0) is 21.4. The van der Waals surface area contributed by atoms with Gasteiger partial charge in [-0.1, -0.05) is 18.2 Å². The molecular weight excluding hydrogens is 387 g/mol. The molecule has 1 unspecified atom stereocenters. The summed E-state index contributed by atoms with van der Waals surface area (Å²) in [5, 5.41) is 2.88. The molecule has 0 bridgehead atoms. The van der Waals surface area contributed by atoms with E-state index in [1.54, 1.807) is 43.5 Å².